The summed E-state index contributed by atoms with van der Waals surface area (Å²) in [4.78, 5) is 41.7. The summed E-state index contributed by atoms with van der Waals surface area (Å²) in [5.41, 5.74) is 5.15. The first-order valence-electron chi connectivity index (χ1n) is 16.2. The number of morpholine rings is 1. The number of ether oxygens (including phenoxy) is 3. The van der Waals surface area contributed by atoms with E-state index >= 15 is 0 Å². The van der Waals surface area contributed by atoms with Crippen molar-refractivity contribution in [3.05, 3.63) is 84.6 Å². The normalized spacial score (nSPS) is 13.0. The lowest BCUT2D eigenvalue weighted by Gasteiger charge is -2.31. The van der Waals surface area contributed by atoms with Crippen molar-refractivity contribution in [2.45, 2.75) is 26.4 Å². The van der Waals surface area contributed by atoms with E-state index < -0.39 is 5.97 Å². The summed E-state index contributed by atoms with van der Waals surface area (Å²) in [5, 5.41) is 10.5. The van der Waals surface area contributed by atoms with E-state index in [0.29, 0.717) is 73.5 Å². The number of nitrogens with one attached hydrogen (secondary N) is 3. The van der Waals surface area contributed by atoms with E-state index in [1.165, 1.54) is 12.5 Å². The van der Waals surface area contributed by atoms with Crippen molar-refractivity contribution < 1.29 is 23.8 Å². The number of benzene rings is 2. The number of amides is 2. The molecule has 2 amide bonds. The van der Waals surface area contributed by atoms with E-state index in [1.807, 2.05) is 66.2 Å². The Kier molecular flexibility index (Phi) is 10.2. The molecule has 0 unspecified atom stereocenters. The molecule has 13 heteroatoms. The molecule has 0 aliphatic carbocycles. The number of aromatic nitrogens is 4. The SMILES string of the molecule is COc1cc(N2CCOCC2)c(NC(=O)NCCc2ccccn2)cc1Nc1c(-c2ncncc2C(=O)OC(C)C)c2ccccc2n1C. The molecule has 0 saturated carbocycles. The number of esters is 1. The van der Waals surface area contributed by atoms with Crippen LogP contribution in [0.1, 0.15) is 29.9 Å². The largest absolute Gasteiger partial charge is 0.494 e. The van der Waals surface area contributed by atoms with Gasteiger partial charge in [0.2, 0.25) is 0 Å². The Balaban J connectivity index is 1.40. The first kappa shape index (κ1) is 33.2. The zero-order valence-corrected chi connectivity index (χ0v) is 28.0. The van der Waals surface area contributed by atoms with Crippen LogP contribution in [0.5, 0.6) is 5.75 Å². The van der Waals surface area contributed by atoms with Crippen molar-refractivity contribution in [2.24, 2.45) is 7.05 Å². The number of carbonyl (C=O) groups is 2. The highest BCUT2D eigenvalue weighted by atomic mass is 16.5. The van der Waals surface area contributed by atoms with Gasteiger partial charge in [0.15, 0.2) is 0 Å². The van der Waals surface area contributed by atoms with Crippen molar-refractivity contribution in [1.82, 2.24) is 24.8 Å². The highest BCUT2D eigenvalue weighted by Gasteiger charge is 2.26. The van der Waals surface area contributed by atoms with E-state index in [0.717, 1.165) is 22.3 Å². The van der Waals surface area contributed by atoms with Crippen LogP contribution in [0.3, 0.4) is 0 Å². The lowest BCUT2D eigenvalue weighted by Crippen LogP contribution is -2.37. The number of hydrogen-bond donors (Lipinski definition) is 3. The van der Waals surface area contributed by atoms with Crippen LogP contribution in [0.2, 0.25) is 0 Å². The van der Waals surface area contributed by atoms with Gasteiger partial charge in [-0.15, -0.1) is 0 Å². The third-order valence-electron chi connectivity index (χ3n) is 8.18. The minimum absolute atomic E-state index is 0.245. The smallest absolute Gasteiger partial charge is 0.342 e. The van der Waals surface area contributed by atoms with Crippen molar-refractivity contribution in [2.75, 3.05) is 55.5 Å². The van der Waals surface area contributed by atoms with Crippen molar-refractivity contribution in [3.63, 3.8) is 0 Å². The van der Waals surface area contributed by atoms with Gasteiger partial charge in [-0.2, -0.15) is 0 Å². The van der Waals surface area contributed by atoms with Gasteiger partial charge in [0, 0.05) is 62.6 Å². The highest BCUT2D eigenvalue weighted by molar-refractivity contribution is 6.08. The molecule has 0 atom stereocenters. The number of nitrogens with zero attached hydrogens (tertiary/aromatic N) is 5. The van der Waals surface area contributed by atoms with E-state index in [1.54, 1.807) is 27.2 Å². The highest BCUT2D eigenvalue weighted by Crippen LogP contribution is 2.44. The summed E-state index contributed by atoms with van der Waals surface area (Å²) < 4.78 is 19.1. The first-order valence-corrected chi connectivity index (χ1v) is 16.2. The minimum Gasteiger partial charge on any atom is -0.494 e. The quantitative estimate of drug-likeness (QED) is 0.154. The number of methoxy groups -OCH3 is 1. The Morgan fingerprint density at radius 3 is 2.57 bits per heavy atom. The second-order valence-electron chi connectivity index (χ2n) is 11.8. The summed E-state index contributed by atoms with van der Waals surface area (Å²) in [7, 11) is 3.54. The minimum atomic E-state index is -0.516. The van der Waals surface area contributed by atoms with Gasteiger partial charge in [0.05, 0.1) is 60.3 Å². The van der Waals surface area contributed by atoms with E-state index in [9.17, 15) is 9.59 Å². The molecule has 3 N–H and O–H groups in total. The topological polar surface area (TPSA) is 145 Å². The molecule has 1 fully saturated rings. The molecule has 49 heavy (non-hydrogen) atoms. The molecule has 6 rings (SSSR count). The van der Waals surface area contributed by atoms with Crippen LogP contribution in [0.15, 0.2) is 73.3 Å². The number of rotatable bonds is 11. The number of pyridine rings is 1. The molecule has 13 nitrogen and oxygen atoms in total. The van der Waals surface area contributed by atoms with Crippen molar-refractivity contribution >= 4 is 45.8 Å². The molecule has 0 bridgehead atoms. The summed E-state index contributed by atoms with van der Waals surface area (Å²) in [6.45, 7) is 6.45. The van der Waals surface area contributed by atoms with Crippen LogP contribution in [-0.4, -0.2) is 77.6 Å². The van der Waals surface area contributed by atoms with E-state index in [4.69, 9.17) is 14.2 Å². The van der Waals surface area contributed by atoms with Crippen LogP contribution in [-0.2, 0) is 22.9 Å². The molecule has 2 aromatic carbocycles. The molecule has 1 aliphatic heterocycles. The monoisotopic (exact) mass is 664 g/mol. The Hall–Kier alpha value is -5.69. The number of carbonyl (C=O) groups excluding carboxylic acids is 2. The maximum Gasteiger partial charge on any atom is 0.342 e. The molecule has 0 spiro atoms. The first-order chi connectivity index (χ1) is 23.8. The molecular weight excluding hydrogens is 624 g/mol. The number of hydrogen-bond acceptors (Lipinski definition) is 10. The Morgan fingerprint density at radius 2 is 1.82 bits per heavy atom. The van der Waals surface area contributed by atoms with Gasteiger partial charge in [-0.25, -0.2) is 19.6 Å². The van der Waals surface area contributed by atoms with Gasteiger partial charge < -0.3 is 39.6 Å². The molecule has 0 radical (unpaired) electrons. The molecule has 3 aromatic heterocycles. The number of para-hydroxylation sites is 1. The molecular formula is C36H40N8O5. The summed E-state index contributed by atoms with van der Waals surface area (Å²) in [6.07, 6.45) is 4.90. The molecule has 5 aromatic rings. The second kappa shape index (κ2) is 15.0. The van der Waals surface area contributed by atoms with Crippen molar-refractivity contribution in [1.29, 1.82) is 0 Å². The van der Waals surface area contributed by atoms with Gasteiger partial charge in [-0.05, 0) is 38.1 Å². The number of fused-ring (bicyclic) bond motifs is 1. The Morgan fingerprint density at radius 1 is 1.02 bits per heavy atom. The van der Waals surface area contributed by atoms with Crippen LogP contribution in [0.4, 0.5) is 27.7 Å². The zero-order chi connectivity index (χ0) is 34.3. The van der Waals surface area contributed by atoms with Crippen LogP contribution in [0, 0.1) is 0 Å². The Labute approximate surface area is 284 Å². The van der Waals surface area contributed by atoms with Crippen LogP contribution >= 0.6 is 0 Å². The lowest BCUT2D eigenvalue weighted by atomic mass is 10.0. The van der Waals surface area contributed by atoms with Crippen LogP contribution in [0.25, 0.3) is 22.2 Å². The molecule has 1 aliphatic rings. The zero-order valence-electron chi connectivity index (χ0n) is 28.0. The predicted molar refractivity (Wildman–Crippen MR) is 189 cm³/mol. The number of aryl methyl sites for hydroxylation is 1. The molecule has 4 heterocycles. The fourth-order valence-electron chi connectivity index (χ4n) is 5.88. The fraction of sp³-hybridized carbons (Fsp3) is 0.306. The summed E-state index contributed by atoms with van der Waals surface area (Å²) >= 11 is 0. The molecule has 1 saturated heterocycles. The maximum absolute atomic E-state index is 13.3. The average Bonchev–Trinajstić information content (AvgIpc) is 3.39. The fourth-order valence-corrected chi connectivity index (χ4v) is 5.88. The van der Waals surface area contributed by atoms with Crippen LogP contribution < -0.4 is 25.6 Å². The Bertz CT molecular complexity index is 1940. The predicted octanol–water partition coefficient (Wildman–Crippen LogP) is 5.55. The lowest BCUT2D eigenvalue weighted by molar-refractivity contribution is 0.0378. The summed E-state index contributed by atoms with van der Waals surface area (Å²) in [6, 6.07) is 17.0. The van der Waals surface area contributed by atoms with E-state index in [-0.39, 0.29) is 17.7 Å². The van der Waals surface area contributed by atoms with Gasteiger partial charge >= 0.3 is 12.0 Å². The third-order valence-corrected chi connectivity index (χ3v) is 8.18. The summed E-state index contributed by atoms with van der Waals surface area (Å²) in [5.74, 6) is 0.695. The average molecular weight is 665 g/mol. The maximum atomic E-state index is 13.3. The number of urea groups is 1. The van der Waals surface area contributed by atoms with Crippen molar-refractivity contribution in [3.8, 4) is 17.0 Å². The van der Waals surface area contributed by atoms with Gasteiger partial charge in [0.25, 0.3) is 0 Å². The van der Waals surface area contributed by atoms with E-state index in [2.05, 4.69) is 35.8 Å². The molecule has 254 valence electrons. The van der Waals surface area contributed by atoms with Gasteiger partial charge in [0.1, 0.15) is 23.5 Å². The second-order valence-corrected chi connectivity index (χ2v) is 11.8. The van der Waals surface area contributed by atoms with Gasteiger partial charge in [-0.1, -0.05) is 24.3 Å². The standard InChI is InChI=1S/C36H40N8O5/c1-23(2)49-35(45)26-21-37-22-40-33(26)32-25-10-5-6-11-29(25)43(3)34(32)41-28-19-27(30(20-31(28)47-4)44-15-17-48-18-16-44)42-36(46)39-14-12-24-9-7-8-13-38-24/h5-11,13,19-23,41H,12,14-18H2,1-4H3,(H2,39,42,46). The third kappa shape index (κ3) is 7.41. The number of anilines is 4. The van der Waals surface area contributed by atoms with Gasteiger partial charge in [-0.3, -0.25) is 4.98 Å².